The van der Waals surface area contributed by atoms with Gasteiger partial charge in [0, 0.05) is 24.2 Å². The Morgan fingerprint density at radius 3 is 2.96 bits per heavy atom. The first-order valence-electron chi connectivity index (χ1n) is 8.40. The molecule has 0 spiro atoms. The van der Waals surface area contributed by atoms with Crippen molar-refractivity contribution >= 4 is 5.82 Å². The average Bonchev–Trinajstić information content (AvgIpc) is 3.34. The minimum Gasteiger partial charge on any atom is -0.467 e. The van der Waals surface area contributed by atoms with Crippen LogP contribution in [0.2, 0.25) is 0 Å². The molecule has 0 N–H and O–H groups in total. The number of morpholine rings is 1. The van der Waals surface area contributed by atoms with Crippen molar-refractivity contribution in [2.75, 3.05) is 24.6 Å². The summed E-state index contributed by atoms with van der Waals surface area (Å²) in [4.78, 5) is 11.1. The van der Waals surface area contributed by atoms with Crippen molar-refractivity contribution in [3.8, 4) is 11.5 Å². The smallest absolute Gasteiger partial charge is 0.258 e. The molecule has 25 heavy (non-hydrogen) atoms. The largest absolute Gasteiger partial charge is 0.467 e. The van der Waals surface area contributed by atoms with E-state index in [1.807, 2.05) is 38.1 Å². The van der Waals surface area contributed by atoms with Gasteiger partial charge in [0.05, 0.1) is 19.4 Å². The van der Waals surface area contributed by atoms with Gasteiger partial charge < -0.3 is 18.6 Å². The molecular formula is C18H20N4O3. The van der Waals surface area contributed by atoms with Gasteiger partial charge in [0.2, 0.25) is 0 Å². The van der Waals surface area contributed by atoms with E-state index in [9.17, 15) is 0 Å². The monoisotopic (exact) mass is 340 g/mol. The van der Waals surface area contributed by atoms with E-state index in [-0.39, 0.29) is 12.0 Å². The Bertz CT molecular complexity index is 828. The number of nitrogens with zero attached hydrogens (tertiary/aromatic N) is 4. The molecule has 3 aromatic rings. The van der Waals surface area contributed by atoms with E-state index in [1.165, 1.54) is 0 Å². The molecule has 1 aliphatic heterocycles. The highest BCUT2D eigenvalue weighted by molar-refractivity contribution is 5.58. The van der Waals surface area contributed by atoms with Crippen LogP contribution in [0.1, 0.15) is 37.5 Å². The van der Waals surface area contributed by atoms with Crippen molar-refractivity contribution in [2.24, 2.45) is 0 Å². The van der Waals surface area contributed by atoms with E-state index in [0.29, 0.717) is 24.9 Å². The van der Waals surface area contributed by atoms with Crippen LogP contribution in [0.15, 0.2) is 45.7 Å². The predicted octanol–water partition coefficient (Wildman–Crippen LogP) is 3.43. The van der Waals surface area contributed by atoms with Crippen molar-refractivity contribution in [3.63, 3.8) is 0 Å². The summed E-state index contributed by atoms with van der Waals surface area (Å²) < 4.78 is 16.7. The first-order chi connectivity index (χ1) is 12.2. The number of pyridine rings is 1. The van der Waals surface area contributed by atoms with Gasteiger partial charge in [-0.1, -0.05) is 19.0 Å². The van der Waals surface area contributed by atoms with Gasteiger partial charge in [-0.3, -0.25) is 0 Å². The lowest BCUT2D eigenvalue weighted by atomic mass is 10.2. The maximum absolute atomic E-state index is 5.81. The van der Waals surface area contributed by atoms with Gasteiger partial charge in [0.1, 0.15) is 17.7 Å². The minimum absolute atomic E-state index is 0.0924. The fourth-order valence-corrected chi connectivity index (χ4v) is 2.81. The zero-order chi connectivity index (χ0) is 17.2. The Labute approximate surface area is 145 Å². The number of aromatic nitrogens is 3. The highest BCUT2D eigenvalue weighted by Gasteiger charge is 2.25. The Hall–Kier alpha value is -2.67. The fraction of sp³-hybridized carbons (Fsp3) is 0.389. The fourth-order valence-electron chi connectivity index (χ4n) is 2.81. The highest BCUT2D eigenvalue weighted by atomic mass is 16.5. The van der Waals surface area contributed by atoms with Crippen LogP contribution in [0.4, 0.5) is 5.82 Å². The molecule has 0 aromatic carbocycles. The molecule has 0 radical (unpaired) electrons. The molecule has 0 bridgehead atoms. The summed E-state index contributed by atoms with van der Waals surface area (Å²) in [6.07, 6.45) is 3.34. The molecule has 1 aliphatic rings. The maximum atomic E-state index is 5.81. The first kappa shape index (κ1) is 15.8. The molecule has 0 amide bonds. The Kier molecular flexibility index (Phi) is 4.23. The number of hydrogen-bond acceptors (Lipinski definition) is 7. The highest BCUT2D eigenvalue weighted by Crippen LogP contribution is 2.28. The molecule has 7 heteroatoms. The molecule has 130 valence electrons. The van der Waals surface area contributed by atoms with Crippen LogP contribution in [0.25, 0.3) is 11.5 Å². The van der Waals surface area contributed by atoms with Gasteiger partial charge in [-0.25, -0.2) is 4.98 Å². The Morgan fingerprint density at radius 2 is 2.20 bits per heavy atom. The molecule has 4 rings (SSSR count). The van der Waals surface area contributed by atoms with Crippen molar-refractivity contribution in [3.05, 3.63) is 48.3 Å². The lowest BCUT2D eigenvalue weighted by molar-refractivity contribution is 0.0255. The van der Waals surface area contributed by atoms with Crippen LogP contribution in [0.3, 0.4) is 0 Å². The third-order valence-electron chi connectivity index (χ3n) is 4.20. The van der Waals surface area contributed by atoms with E-state index in [1.54, 1.807) is 12.5 Å². The first-order valence-corrected chi connectivity index (χ1v) is 8.40. The van der Waals surface area contributed by atoms with Crippen LogP contribution in [0, 0.1) is 0 Å². The molecule has 0 aliphatic carbocycles. The van der Waals surface area contributed by atoms with Gasteiger partial charge in [0.15, 0.2) is 5.82 Å². The summed E-state index contributed by atoms with van der Waals surface area (Å²) >= 11 is 0. The number of hydrogen-bond donors (Lipinski definition) is 0. The van der Waals surface area contributed by atoms with Crippen molar-refractivity contribution < 1.29 is 13.7 Å². The molecule has 3 aromatic heterocycles. The maximum Gasteiger partial charge on any atom is 0.258 e. The lowest BCUT2D eigenvalue weighted by Gasteiger charge is -2.32. The summed E-state index contributed by atoms with van der Waals surface area (Å²) in [5, 5.41) is 4.03. The van der Waals surface area contributed by atoms with Gasteiger partial charge >= 0.3 is 0 Å². The van der Waals surface area contributed by atoms with Crippen LogP contribution in [-0.2, 0) is 4.74 Å². The SMILES string of the molecule is CC(C)c1noc(-c2ccnc(N3CCOC(c4ccco4)C3)c2)n1. The quantitative estimate of drug-likeness (QED) is 0.720. The molecule has 7 nitrogen and oxygen atoms in total. The van der Waals surface area contributed by atoms with Crippen LogP contribution in [-0.4, -0.2) is 34.8 Å². The van der Waals surface area contributed by atoms with E-state index in [4.69, 9.17) is 13.7 Å². The second-order valence-electron chi connectivity index (χ2n) is 6.34. The molecular weight excluding hydrogens is 320 g/mol. The second-order valence-corrected chi connectivity index (χ2v) is 6.34. The molecule has 1 atom stereocenters. The van der Waals surface area contributed by atoms with Crippen molar-refractivity contribution in [1.29, 1.82) is 0 Å². The summed E-state index contributed by atoms with van der Waals surface area (Å²) in [7, 11) is 0. The lowest BCUT2D eigenvalue weighted by Crippen LogP contribution is -2.38. The predicted molar refractivity (Wildman–Crippen MR) is 91.2 cm³/mol. The number of ether oxygens (including phenoxy) is 1. The normalized spacial score (nSPS) is 18.0. The molecule has 4 heterocycles. The van der Waals surface area contributed by atoms with Gasteiger partial charge in [0.25, 0.3) is 5.89 Å². The second kappa shape index (κ2) is 6.68. The van der Waals surface area contributed by atoms with E-state index >= 15 is 0 Å². The number of rotatable bonds is 4. The molecule has 1 fully saturated rings. The minimum atomic E-state index is -0.0924. The zero-order valence-corrected chi connectivity index (χ0v) is 14.3. The number of furan rings is 1. The standard InChI is InChI=1S/C18H20N4O3/c1-12(2)17-20-18(25-21-17)13-5-6-19-16(10-13)22-7-9-24-15(11-22)14-4-3-8-23-14/h3-6,8,10,12,15H,7,9,11H2,1-2H3. The topological polar surface area (TPSA) is 77.4 Å². The average molecular weight is 340 g/mol. The molecule has 1 saturated heterocycles. The van der Waals surface area contributed by atoms with Gasteiger partial charge in [-0.2, -0.15) is 4.98 Å². The van der Waals surface area contributed by atoms with Crippen molar-refractivity contribution in [2.45, 2.75) is 25.9 Å². The third kappa shape index (κ3) is 3.28. The summed E-state index contributed by atoms with van der Waals surface area (Å²) in [5.74, 6) is 3.15. The van der Waals surface area contributed by atoms with Crippen LogP contribution >= 0.6 is 0 Å². The number of anilines is 1. The van der Waals surface area contributed by atoms with E-state index < -0.39 is 0 Å². The van der Waals surface area contributed by atoms with Gasteiger partial charge in [-0.15, -0.1) is 0 Å². The zero-order valence-electron chi connectivity index (χ0n) is 14.3. The van der Waals surface area contributed by atoms with Crippen molar-refractivity contribution in [1.82, 2.24) is 15.1 Å². The van der Waals surface area contributed by atoms with Gasteiger partial charge in [-0.05, 0) is 24.3 Å². The molecule has 1 unspecified atom stereocenters. The van der Waals surface area contributed by atoms with Crippen LogP contribution < -0.4 is 4.90 Å². The van der Waals surface area contributed by atoms with E-state index in [2.05, 4.69) is 20.0 Å². The third-order valence-corrected chi connectivity index (χ3v) is 4.20. The summed E-state index contributed by atoms with van der Waals surface area (Å²) in [6.45, 7) is 6.15. The molecule has 0 saturated carbocycles. The summed E-state index contributed by atoms with van der Waals surface area (Å²) in [6, 6.07) is 7.66. The Morgan fingerprint density at radius 1 is 1.28 bits per heavy atom. The van der Waals surface area contributed by atoms with Crippen LogP contribution in [0.5, 0.6) is 0 Å². The van der Waals surface area contributed by atoms with E-state index in [0.717, 1.165) is 23.7 Å². The Balaban J connectivity index is 1.56. The summed E-state index contributed by atoms with van der Waals surface area (Å²) in [5.41, 5.74) is 0.866.